The molecule has 3 nitrogen and oxygen atoms in total. The van der Waals surface area contributed by atoms with E-state index in [0.717, 1.165) is 19.6 Å². The Labute approximate surface area is 73.9 Å². The molecule has 1 aliphatic heterocycles. The van der Waals surface area contributed by atoms with Crippen molar-refractivity contribution in [1.29, 1.82) is 0 Å². The third kappa shape index (κ3) is 2.81. The van der Waals surface area contributed by atoms with Gasteiger partial charge in [-0.25, -0.2) is 0 Å². The highest BCUT2D eigenvalue weighted by Crippen LogP contribution is 2.17. The average molecular weight is 170 g/mol. The zero-order valence-corrected chi connectivity index (χ0v) is 7.89. The number of rotatable bonds is 2. The van der Waals surface area contributed by atoms with Gasteiger partial charge in [0, 0.05) is 13.5 Å². The summed E-state index contributed by atoms with van der Waals surface area (Å²) >= 11 is 0. The number of hydrogen-bond donors (Lipinski definition) is 2. The Balaban J connectivity index is 2.24. The second-order valence-electron chi connectivity index (χ2n) is 3.67. The van der Waals surface area contributed by atoms with Gasteiger partial charge in [0.1, 0.15) is 0 Å². The molecule has 70 valence electrons. The summed E-state index contributed by atoms with van der Waals surface area (Å²) in [5.41, 5.74) is 0. The van der Waals surface area contributed by atoms with Crippen molar-refractivity contribution in [3.8, 4) is 0 Å². The summed E-state index contributed by atoms with van der Waals surface area (Å²) in [4.78, 5) is 10.7. The third-order valence-electron chi connectivity index (χ3n) is 2.58. The SMILES string of the molecule is CC(=O)NC[C@@H]1CCNC[C@H]1C. The van der Waals surface area contributed by atoms with Crippen molar-refractivity contribution < 1.29 is 4.79 Å². The second-order valence-corrected chi connectivity index (χ2v) is 3.67. The van der Waals surface area contributed by atoms with Crippen LogP contribution in [0.15, 0.2) is 0 Å². The molecule has 0 aliphatic carbocycles. The highest BCUT2D eigenvalue weighted by molar-refractivity contribution is 5.72. The number of amides is 1. The maximum atomic E-state index is 10.7. The molecule has 1 amide bonds. The fourth-order valence-electron chi connectivity index (χ4n) is 1.65. The Bertz CT molecular complexity index is 159. The first-order valence-electron chi connectivity index (χ1n) is 4.65. The molecule has 0 saturated carbocycles. The minimum Gasteiger partial charge on any atom is -0.356 e. The number of piperidine rings is 1. The van der Waals surface area contributed by atoms with Gasteiger partial charge in [-0.3, -0.25) is 4.79 Å². The van der Waals surface area contributed by atoms with E-state index in [9.17, 15) is 4.79 Å². The van der Waals surface area contributed by atoms with Crippen molar-refractivity contribution in [2.45, 2.75) is 20.3 Å². The van der Waals surface area contributed by atoms with Crippen molar-refractivity contribution in [1.82, 2.24) is 10.6 Å². The summed E-state index contributed by atoms with van der Waals surface area (Å²) < 4.78 is 0. The monoisotopic (exact) mass is 170 g/mol. The fourth-order valence-corrected chi connectivity index (χ4v) is 1.65. The molecular formula is C9H18N2O. The van der Waals surface area contributed by atoms with Gasteiger partial charge in [-0.1, -0.05) is 6.92 Å². The first kappa shape index (κ1) is 9.52. The molecule has 0 unspecified atom stereocenters. The van der Waals surface area contributed by atoms with Gasteiger partial charge in [0.15, 0.2) is 0 Å². The van der Waals surface area contributed by atoms with Crippen LogP contribution in [0, 0.1) is 11.8 Å². The van der Waals surface area contributed by atoms with Gasteiger partial charge in [-0.05, 0) is 31.3 Å². The smallest absolute Gasteiger partial charge is 0.216 e. The second kappa shape index (κ2) is 4.45. The fraction of sp³-hybridized carbons (Fsp3) is 0.889. The molecule has 0 aromatic heterocycles. The van der Waals surface area contributed by atoms with E-state index in [1.165, 1.54) is 6.42 Å². The normalized spacial score (nSPS) is 29.8. The molecule has 0 bridgehead atoms. The maximum Gasteiger partial charge on any atom is 0.216 e. The standard InChI is InChI=1S/C9H18N2O/c1-7-5-10-4-3-9(7)6-11-8(2)12/h7,9-10H,3-6H2,1-2H3,(H,11,12)/t7-,9+/m1/s1. The molecule has 1 rings (SSSR count). The van der Waals surface area contributed by atoms with E-state index >= 15 is 0 Å². The molecule has 1 saturated heterocycles. The van der Waals surface area contributed by atoms with Gasteiger partial charge in [0.05, 0.1) is 0 Å². The van der Waals surface area contributed by atoms with Crippen LogP contribution in [0.4, 0.5) is 0 Å². The number of nitrogens with one attached hydrogen (secondary N) is 2. The van der Waals surface area contributed by atoms with Gasteiger partial charge in [-0.15, -0.1) is 0 Å². The first-order chi connectivity index (χ1) is 5.70. The lowest BCUT2D eigenvalue weighted by molar-refractivity contribution is -0.119. The van der Waals surface area contributed by atoms with Crippen molar-refractivity contribution in [2.75, 3.05) is 19.6 Å². The highest BCUT2D eigenvalue weighted by Gasteiger charge is 2.20. The van der Waals surface area contributed by atoms with Crippen molar-refractivity contribution in [3.63, 3.8) is 0 Å². The van der Waals surface area contributed by atoms with Crippen molar-refractivity contribution in [3.05, 3.63) is 0 Å². The van der Waals surface area contributed by atoms with E-state index in [0.29, 0.717) is 11.8 Å². The van der Waals surface area contributed by atoms with Gasteiger partial charge >= 0.3 is 0 Å². The molecular weight excluding hydrogens is 152 g/mol. The highest BCUT2D eigenvalue weighted by atomic mass is 16.1. The molecule has 0 aromatic rings. The van der Waals surface area contributed by atoms with Crippen LogP contribution >= 0.6 is 0 Å². The Morgan fingerprint density at radius 3 is 3.00 bits per heavy atom. The Kier molecular flexibility index (Phi) is 3.53. The van der Waals surface area contributed by atoms with Crippen LogP contribution in [-0.4, -0.2) is 25.5 Å². The van der Waals surface area contributed by atoms with E-state index in [4.69, 9.17) is 0 Å². The van der Waals surface area contributed by atoms with Crippen molar-refractivity contribution >= 4 is 5.91 Å². The third-order valence-corrected chi connectivity index (χ3v) is 2.58. The Hall–Kier alpha value is -0.570. The number of carbonyl (C=O) groups excluding carboxylic acids is 1. The molecule has 12 heavy (non-hydrogen) atoms. The predicted molar refractivity (Wildman–Crippen MR) is 48.8 cm³/mol. The summed E-state index contributed by atoms with van der Waals surface area (Å²) in [6, 6.07) is 0. The van der Waals surface area contributed by atoms with E-state index in [1.54, 1.807) is 6.92 Å². The molecule has 0 aromatic carbocycles. The topological polar surface area (TPSA) is 41.1 Å². The number of hydrogen-bond acceptors (Lipinski definition) is 2. The van der Waals surface area contributed by atoms with Crippen LogP contribution in [0.25, 0.3) is 0 Å². The lowest BCUT2D eigenvalue weighted by Crippen LogP contribution is -2.40. The first-order valence-corrected chi connectivity index (χ1v) is 4.65. The van der Waals surface area contributed by atoms with E-state index in [2.05, 4.69) is 17.6 Å². The minimum atomic E-state index is 0.0840. The van der Waals surface area contributed by atoms with E-state index < -0.39 is 0 Å². The predicted octanol–water partition coefficient (Wildman–Crippen LogP) is 0.368. The molecule has 0 radical (unpaired) electrons. The largest absolute Gasteiger partial charge is 0.356 e. The van der Waals surface area contributed by atoms with Crippen LogP contribution in [0.3, 0.4) is 0 Å². The van der Waals surface area contributed by atoms with Crippen LogP contribution < -0.4 is 10.6 Å². The molecule has 3 heteroatoms. The molecule has 1 fully saturated rings. The Morgan fingerprint density at radius 1 is 1.67 bits per heavy atom. The van der Waals surface area contributed by atoms with Crippen LogP contribution in [-0.2, 0) is 4.79 Å². The quantitative estimate of drug-likeness (QED) is 0.628. The lowest BCUT2D eigenvalue weighted by atomic mass is 9.88. The summed E-state index contributed by atoms with van der Waals surface area (Å²) in [5.74, 6) is 1.43. The van der Waals surface area contributed by atoms with Gasteiger partial charge in [-0.2, -0.15) is 0 Å². The van der Waals surface area contributed by atoms with Crippen molar-refractivity contribution in [2.24, 2.45) is 11.8 Å². The van der Waals surface area contributed by atoms with Crippen LogP contribution in [0.1, 0.15) is 20.3 Å². The summed E-state index contributed by atoms with van der Waals surface area (Å²) in [6.07, 6.45) is 1.18. The molecule has 1 aliphatic rings. The zero-order chi connectivity index (χ0) is 8.97. The zero-order valence-electron chi connectivity index (χ0n) is 7.89. The molecule has 0 spiro atoms. The molecule has 2 N–H and O–H groups in total. The van der Waals surface area contributed by atoms with Gasteiger partial charge in [0.25, 0.3) is 0 Å². The summed E-state index contributed by atoms with van der Waals surface area (Å²) in [5, 5.41) is 6.22. The lowest BCUT2D eigenvalue weighted by Gasteiger charge is -2.29. The van der Waals surface area contributed by atoms with Gasteiger partial charge in [0.2, 0.25) is 5.91 Å². The van der Waals surface area contributed by atoms with E-state index in [-0.39, 0.29) is 5.91 Å². The molecule has 1 heterocycles. The van der Waals surface area contributed by atoms with Crippen LogP contribution in [0.5, 0.6) is 0 Å². The van der Waals surface area contributed by atoms with Gasteiger partial charge < -0.3 is 10.6 Å². The summed E-state index contributed by atoms with van der Waals surface area (Å²) in [6.45, 7) is 6.83. The minimum absolute atomic E-state index is 0.0840. The molecule has 2 atom stereocenters. The van der Waals surface area contributed by atoms with Crippen LogP contribution in [0.2, 0.25) is 0 Å². The Morgan fingerprint density at radius 2 is 2.42 bits per heavy atom. The summed E-state index contributed by atoms with van der Waals surface area (Å²) in [7, 11) is 0. The maximum absolute atomic E-state index is 10.7. The average Bonchev–Trinajstić information content (AvgIpc) is 2.03. The number of carbonyl (C=O) groups is 1. The van der Waals surface area contributed by atoms with E-state index in [1.807, 2.05) is 0 Å².